The van der Waals surface area contributed by atoms with Crippen molar-refractivity contribution in [3.05, 3.63) is 64.1 Å². The number of urea groups is 1. The van der Waals surface area contributed by atoms with E-state index in [4.69, 9.17) is 23.2 Å². The molecule has 0 bridgehead atoms. The lowest BCUT2D eigenvalue weighted by Crippen LogP contribution is -2.30. The van der Waals surface area contributed by atoms with E-state index in [0.29, 0.717) is 22.3 Å². The molecule has 23 heavy (non-hydrogen) atoms. The minimum Gasteiger partial charge on any atom is -0.306 e. The second-order valence-corrected chi connectivity index (χ2v) is 6.29. The average Bonchev–Trinajstić information content (AvgIpc) is 2.92. The van der Waals surface area contributed by atoms with Crippen LogP contribution in [0, 0.1) is 5.92 Å². The highest BCUT2D eigenvalue weighted by Crippen LogP contribution is 2.22. The quantitative estimate of drug-likeness (QED) is 0.826. The third-order valence-corrected chi connectivity index (χ3v) is 4.12. The molecule has 1 N–H and O–H groups in total. The van der Waals surface area contributed by atoms with E-state index in [9.17, 15) is 4.79 Å². The van der Waals surface area contributed by atoms with Crippen LogP contribution in [0.15, 0.2) is 53.6 Å². The summed E-state index contributed by atoms with van der Waals surface area (Å²) in [6.07, 6.45) is 0. The predicted molar refractivity (Wildman–Crippen MR) is 94.3 cm³/mol. The highest BCUT2D eigenvalue weighted by Gasteiger charge is 2.27. The van der Waals surface area contributed by atoms with Gasteiger partial charge >= 0.3 is 6.03 Å². The summed E-state index contributed by atoms with van der Waals surface area (Å²) in [5.74, 6) is 0.159. The zero-order chi connectivity index (χ0) is 16.4. The van der Waals surface area contributed by atoms with E-state index in [1.54, 1.807) is 24.3 Å². The van der Waals surface area contributed by atoms with Gasteiger partial charge in [0.25, 0.3) is 0 Å². The van der Waals surface area contributed by atoms with Crippen molar-refractivity contribution in [2.75, 3.05) is 11.9 Å². The van der Waals surface area contributed by atoms with Crippen LogP contribution >= 0.6 is 23.2 Å². The summed E-state index contributed by atoms with van der Waals surface area (Å²) in [6, 6.07) is 14.2. The van der Waals surface area contributed by atoms with Gasteiger partial charge in [0, 0.05) is 21.7 Å². The van der Waals surface area contributed by atoms with Crippen molar-refractivity contribution in [2.24, 2.45) is 11.0 Å². The number of carbonyl (C=O) groups excluding carboxylic acids is 1. The third kappa shape index (κ3) is 3.66. The number of hydrazone groups is 1. The van der Waals surface area contributed by atoms with E-state index in [0.717, 1.165) is 11.3 Å². The molecule has 1 aliphatic rings. The van der Waals surface area contributed by atoms with Crippen LogP contribution in [0.4, 0.5) is 10.5 Å². The molecule has 4 nitrogen and oxygen atoms in total. The normalized spacial score (nSPS) is 17.1. The van der Waals surface area contributed by atoms with E-state index < -0.39 is 0 Å². The van der Waals surface area contributed by atoms with Gasteiger partial charge in [0.2, 0.25) is 0 Å². The van der Waals surface area contributed by atoms with Crippen molar-refractivity contribution in [2.45, 2.75) is 6.92 Å². The van der Waals surface area contributed by atoms with Crippen molar-refractivity contribution < 1.29 is 4.79 Å². The van der Waals surface area contributed by atoms with Crippen LogP contribution in [-0.2, 0) is 0 Å². The molecule has 1 heterocycles. The molecule has 0 radical (unpaired) electrons. The van der Waals surface area contributed by atoms with Crippen molar-refractivity contribution >= 4 is 40.6 Å². The Morgan fingerprint density at radius 2 is 1.65 bits per heavy atom. The lowest BCUT2D eigenvalue weighted by Gasteiger charge is -2.13. The van der Waals surface area contributed by atoms with Gasteiger partial charge in [-0.2, -0.15) is 5.10 Å². The van der Waals surface area contributed by atoms with Gasteiger partial charge in [-0.15, -0.1) is 0 Å². The van der Waals surface area contributed by atoms with Crippen molar-refractivity contribution in [1.29, 1.82) is 0 Å². The molecule has 6 heteroatoms. The fourth-order valence-electron chi connectivity index (χ4n) is 2.43. The molecule has 2 aromatic carbocycles. The van der Waals surface area contributed by atoms with Crippen LogP contribution in [0.5, 0.6) is 0 Å². The Balaban J connectivity index is 1.74. The molecule has 1 aliphatic heterocycles. The van der Waals surface area contributed by atoms with Crippen LogP contribution in [0.3, 0.4) is 0 Å². The molecule has 118 valence electrons. The zero-order valence-corrected chi connectivity index (χ0v) is 14.0. The maximum atomic E-state index is 12.3. The molecule has 0 saturated heterocycles. The second-order valence-electron chi connectivity index (χ2n) is 5.41. The molecule has 0 fully saturated rings. The molecule has 3 rings (SSSR count). The number of benzene rings is 2. The molecule has 2 amide bonds. The van der Waals surface area contributed by atoms with Gasteiger partial charge in [-0.1, -0.05) is 42.3 Å². The summed E-state index contributed by atoms with van der Waals surface area (Å²) in [7, 11) is 0. The Morgan fingerprint density at radius 1 is 1.09 bits per heavy atom. The second kappa shape index (κ2) is 6.60. The number of nitrogens with one attached hydrogen (secondary N) is 1. The minimum atomic E-state index is -0.261. The monoisotopic (exact) mass is 347 g/mol. The Bertz CT molecular complexity index is 741. The summed E-state index contributed by atoms with van der Waals surface area (Å²) in [5, 5.41) is 10.0. The molecule has 0 aromatic heterocycles. The van der Waals surface area contributed by atoms with Gasteiger partial charge in [-0.05, 0) is 42.0 Å². The first-order valence-electron chi connectivity index (χ1n) is 7.21. The van der Waals surface area contributed by atoms with E-state index in [1.165, 1.54) is 5.01 Å². The van der Waals surface area contributed by atoms with Crippen LogP contribution in [0.25, 0.3) is 0 Å². The zero-order valence-electron chi connectivity index (χ0n) is 12.5. The highest BCUT2D eigenvalue weighted by molar-refractivity contribution is 6.31. The molecule has 1 atom stereocenters. The van der Waals surface area contributed by atoms with Crippen molar-refractivity contribution in [3.8, 4) is 0 Å². The van der Waals surface area contributed by atoms with Crippen LogP contribution < -0.4 is 5.32 Å². The standard InChI is InChI=1S/C17H15Cl2N3O/c1-11-10-22(17(23)20-15-8-6-14(19)7-9-15)21-16(11)12-2-4-13(18)5-3-12/h2-9,11H,10H2,1H3,(H,20,23). The van der Waals surface area contributed by atoms with E-state index >= 15 is 0 Å². The Morgan fingerprint density at radius 3 is 2.26 bits per heavy atom. The molecule has 0 spiro atoms. The highest BCUT2D eigenvalue weighted by atomic mass is 35.5. The maximum Gasteiger partial charge on any atom is 0.342 e. The fraction of sp³-hybridized carbons (Fsp3) is 0.176. The molecule has 1 unspecified atom stereocenters. The van der Waals surface area contributed by atoms with E-state index in [-0.39, 0.29) is 11.9 Å². The molecular weight excluding hydrogens is 333 g/mol. The number of anilines is 1. The number of carbonyl (C=O) groups is 1. The maximum absolute atomic E-state index is 12.3. The molecule has 0 aliphatic carbocycles. The van der Waals surface area contributed by atoms with Gasteiger partial charge in [-0.25, -0.2) is 9.80 Å². The third-order valence-electron chi connectivity index (χ3n) is 3.61. The molecule has 2 aromatic rings. The number of hydrogen-bond donors (Lipinski definition) is 1. The molecule has 0 saturated carbocycles. The minimum absolute atomic E-state index is 0.159. The van der Waals surface area contributed by atoms with Crippen molar-refractivity contribution in [3.63, 3.8) is 0 Å². The lowest BCUT2D eigenvalue weighted by atomic mass is 10.00. The van der Waals surface area contributed by atoms with Gasteiger partial charge < -0.3 is 5.32 Å². The Kier molecular flexibility index (Phi) is 4.55. The summed E-state index contributed by atoms with van der Waals surface area (Å²) in [4.78, 5) is 12.3. The topological polar surface area (TPSA) is 44.7 Å². The number of hydrogen-bond acceptors (Lipinski definition) is 2. The fourth-order valence-corrected chi connectivity index (χ4v) is 2.68. The first-order valence-corrected chi connectivity index (χ1v) is 7.97. The predicted octanol–water partition coefficient (Wildman–Crippen LogP) is 4.88. The smallest absolute Gasteiger partial charge is 0.306 e. The first kappa shape index (κ1) is 15.8. The first-order chi connectivity index (χ1) is 11.0. The van der Waals surface area contributed by atoms with Gasteiger partial charge in [0.1, 0.15) is 0 Å². The van der Waals surface area contributed by atoms with Gasteiger partial charge in [-0.3, -0.25) is 0 Å². The van der Waals surface area contributed by atoms with Crippen LogP contribution in [0.2, 0.25) is 10.0 Å². The summed E-state index contributed by atoms with van der Waals surface area (Å²) >= 11 is 11.7. The lowest BCUT2D eigenvalue weighted by molar-refractivity contribution is 0.216. The van der Waals surface area contributed by atoms with Crippen LogP contribution in [0.1, 0.15) is 12.5 Å². The summed E-state index contributed by atoms with van der Waals surface area (Å²) in [6.45, 7) is 2.58. The van der Waals surface area contributed by atoms with Crippen LogP contribution in [-0.4, -0.2) is 23.3 Å². The van der Waals surface area contributed by atoms with E-state index in [1.807, 2.05) is 31.2 Å². The van der Waals surface area contributed by atoms with Gasteiger partial charge in [0.15, 0.2) is 0 Å². The number of nitrogens with zero attached hydrogens (tertiary/aromatic N) is 2. The SMILES string of the molecule is CC1CN(C(=O)Nc2ccc(Cl)cc2)N=C1c1ccc(Cl)cc1. The number of rotatable bonds is 2. The van der Waals surface area contributed by atoms with E-state index in [2.05, 4.69) is 10.4 Å². The summed E-state index contributed by atoms with van der Waals surface area (Å²) in [5.41, 5.74) is 2.54. The largest absolute Gasteiger partial charge is 0.342 e. The Hall–Kier alpha value is -2.04. The summed E-state index contributed by atoms with van der Waals surface area (Å²) < 4.78 is 0. The van der Waals surface area contributed by atoms with Crippen molar-refractivity contribution in [1.82, 2.24) is 5.01 Å². The Labute approximate surface area is 144 Å². The number of halogens is 2. The average molecular weight is 348 g/mol. The van der Waals surface area contributed by atoms with Gasteiger partial charge in [0.05, 0.1) is 12.3 Å². The number of amides is 2. The molecular formula is C17H15Cl2N3O.